The second-order valence-electron chi connectivity index (χ2n) is 6.93. The van der Waals surface area contributed by atoms with Gasteiger partial charge in [-0.3, -0.25) is 14.9 Å². The van der Waals surface area contributed by atoms with E-state index in [2.05, 4.69) is 0 Å². The van der Waals surface area contributed by atoms with Crippen molar-refractivity contribution < 1.29 is 37.1 Å². The molecule has 2 heterocycles. The number of carbonyl (C=O) groups excluding carboxylic acids is 1. The molecular formula is C19H22N2O9S. The molecule has 168 valence electrons. The molecule has 2 aromatic rings. The second kappa shape index (κ2) is 8.94. The third-order valence-electron chi connectivity index (χ3n) is 4.87. The summed E-state index contributed by atoms with van der Waals surface area (Å²) >= 11 is 0. The molecule has 0 aliphatic carbocycles. The summed E-state index contributed by atoms with van der Waals surface area (Å²) in [6, 6.07) is 4.33. The number of rotatable bonds is 8. The first-order chi connectivity index (χ1) is 14.7. The minimum atomic E-state index is -3.59. The number of aliphatic hydroxyl groups excluding tert-OH is 1. The number of furan rings is 1. The van der Waals surface area contributed by atoms with E-state index < -0.39 is 50.0 Å². The molecule has 0 bridgehead atoms. The van der Waals surface area contributed by atoms with E-state index in [1.807, 2.05) is 0 Å². The molecule has 0 saturated carbocycles. The molecule has 1 amide bonds. The normalized spacial score (nSPS) is 19.7. The molecule has 0 radical (unpaired) electrons. The zero-order valence-electron chi connectivity index (χ0n) is 16.9. The molecule has 1 aliphatic heterocycles. The van der Waals surface area contributed by atoms with E-state index in [4.69, 9.17) is 13.9 Å². The van der Waals surface area contributed by atoms with Crippen LogP contribution in [0.5, 0.6) is 11.5 Å². The Bertz CT molecular complexity index is 1070. The van der Waals surface area contributed by atoms with Gasteiger partial charge in [0, 0.05) is 6.07 Å². The van der Waals surface area contributed by atoms with E-state index >= 15 is 0 Å². The topological polar surface area (TPSA) is 149 Å². The zero-order valence-corrected chi connectivity index (χ0v) is 17.7. The van der Waals surface area contributed by atoms with Crippen molar-refractivity contribution in [3.63, 3.8) is 0 Å². The Hall–Kier alpha value is -3.12. The number of nitro groups is 1. The fraction of sp³-hybridized carbons (Fsp3) is 0.421. The van der Waals surface area contributed by atoms with Crippen LogP contribution in [-0.2, 0) is 16.4 Å². The molecule has 1 N–H and O–H groups in total. The van der Waals surface area contributed by atoms with Crippen LogP contribution in [0.1, 0.15) is 23.0 Å². The van der Waals surface area contributed by atoms with Gasteiger partial charge in [-0.25, -0.2) is 8.42 Å². The lowest BCUT2D eigenvalue weighted by Crippen LogP contribution is -2.46. The molecule has 1 aromatic carbocycles. The maximum Gasteiger partial charge on any atom is 0.286 e. The molecule has 0 unspecified atom stereocenters. The third kappa shape index (κ3) is 4.80. The van der Waals surface area contributed by atoms with Gasteiger partial charge in [-0.2, -0.15) is 0 Å². The third-order valence-corrected chi connectivity index (χ3v) is 6.57. The average Bonchev–Trinajstić information content (AvgIpc) is 3.31. The summed E-state index contributed by atoms with van der Waals surface area (Å²) in [6.45, 7) is 1.74. The fourth-order valence-electron chi connectivity index (χ4n) is 3.47. The summed E-state index contributed by atoms with van der Waals surface area (Å²) in [5, 5.41) is 22.0. The number of nitrogens with zero attached hydrogens (tertiary/aromatic N) is 2. The number of amides is 1. The smallest absolute Gasteiger partial charge is 0.286 e. The minimum absolute atomic E-state index is 0.0752. The quantitative estimate of drug-likeness (QED) is 0.461. The van der Waals surface area contributed by atoms with Gasteiger partial charge in [0.2, 0.25) is 0 Å². The standard InChI is InChI=1S/C19H22N2O9S/c1-3-29-18-7-13(14(21(24)25)8-17(18)28-2)19(23)20(9-12-5-4-6-30-12)15-10-31(26,27)11-16(15)22/h4-8,15-16,22H,3,9-11H2,1-2H3/t15-,16-/m0/s1. The molecule has 1 fully saturated rings. The molecule has 1 aromatic heterocycles. The number of aliphatic hydroxyl groups is 1. The van der Waals surface area contributed by atoms with Crippen LogP contribution in [0, 0.1) is 10.1 Å². The van der Waals surface area contributed by atoms with Crippen LogP contribution in [-0.4, -0.2) is 66.6 Å². The Morgan fingerprint density at radius 2 is 2.10 bits per heavy atom. The number of nitro benzene ring substituents is 1. The van der Waals surface area contributed by atoms with Crippen molar-refractivity contribution >= 4 is 21.4 Å². The van der Waals surface area contributed by atoms with Gasteiger partial charge in [-0.15, -0.1) is 0 Å². The molecule has 1 saturated heterocycles. The Kier molecular flexibility index (Phi) is 6.51. The highest BCUT2D eigenvalue weighted by atomic mass is 32.2. The summed E-state index contributed by atoms with van der Waals surface area (Å²) in [4.78, 5) is 25.5. The first-order valence-corrected chi connectivity index (χ1v) is 11.2. The predicted octanol–water partition coefficient (Wildman–Crippen LogP) is 1.40. The number of sulfone groups is 1. The van der Waals surface area contributed by atoms with Crippen LogP contribution < -0.4 is 9.47 Å². The number of hydrogen-bond acceptors (Lipinski definition) is 9. The van der Waals surface area contributed by atoms with Crippen molar-refractivity contribution in [3.8, 4) is 11.5 Å². The first kappa shape index (κ1) is 22.6. The van der Waals surface area contributed by atoms with Crippen molar-refractivity contribution in [2.45, 2.75) is 25.6 Å². The van der Waals surface area contributed by atoms with Crippen LogP contribution >= 0.6 is 0 Å². The van der Waals surface area contributed by atoms with Crippen LogP contribution in [0.2, 0.25) is 0 Å². The van der Waals surface area contributed by atoms with Crippen LogP contribution in [0.15, 0.2) is 34.9 Å². The Balaban J connectivity index is 2.10. The molecule has 11 nitrogen and oxygen atoms in total. The summed E-state index contributed by atoms with van der Waals surface area (Å²) in [6.07, 6.45) is 0.0376. The van der Waals surface area contributed by atoms with E-state index in [9.17, 15) is 28.4 Å². The van der Waals surface area contributed by atoms with Crippen LogP contribution in [0.25, 0.3) is 0 Å². The highest BCUT2D eigenvalue weighted by molar-refractivity contribution is 7.91. The molecule has 3 rings (SSSR count). The van der Waals surface area contributed by atoms with Crippen molar-refractivity contribution in [2.24, 2.45) is 0 Å². The van der Waals surface area contributed by atoms with E-state index in [0.717, 1.165) is 11.0 Å². The molecule has 1 aliphatic rings. The number of carbonyl (C=O) groups is 1. The summed E-state index contributed by atoms with van der Waals surface area (Å²) in [7, 11) is -2.28. The fourth-order valence-corrected chi connectivity index (χ4v) is 5.27. The van der Waals surface area contributed by atoms with Crippen molar-refractivity contribution in [1.29, 1.82) is 0 Å². The van der Waals surface area contributed by atoms with Gasteiger partial charge < -0.3 is 23.9 Å². The van der Waals surface area contributed by atoms with E-state index in [0.29, 0.717) is 5.76 Å². The van der Waals surface area contributed by atoms with Gasteiger partial charge in [-0.05, 0) is 19.1 Å². The lowest BCUT2D eigenvalue weighted by molar-refractivity contribution is -0.385. The Morgan fingerprint density at radius 1 is 1.35 bits per heavy atom. The van der Waals surface area contributed by atoms with Gasteiger partial charge in [-0.1, -0.05) is 0 Å². The van der Waals surface area contributed by atoms with Crippen LogP contribution in [0.3, 0.4) is 0 Å². The summed E-state index contributed by atoms with van der Waals surface area (Å²) in [5.74, 6) is -1.29. The summed E-state index contributed by atoms with van der Waals surface area (Å²) in [5.41, 5.74) is -0.859. The second-order valence-corrected chi connectivity index (χ2v) is 9.09. The number of benzene rings is 1. The maximum atomic E-state index is 13.5. The average molecular weight is 454 g/mol. The first-order valence-electron chi connectivity index (χ1n) is 9.38. The van der Waals surface area contributed by atoms with E-state index in [1.165, 1.54) is 19.4 Å². The predicted molar refractivity (Wildman–Crippen MR) is 108 cm³/mol. The van der Waals surface area contributed by atoms with Gasteiger partial charge in [0.05, 0.1) is 61.2 Å². The molecular weight excluding hydrogens is 432 g/mol. The number of methoxy groups -OCH3 is 1. The van der Waals surface area contributed by atoms with Crippen molar-refractivity contribution in [3.05, 3.63) is 52.0 Å². The Labute approximate surface area is 178 Å². The highest BCUT2D eigenvalue weighted by Gasteiger charge is 2.43. The van der Waals surface area contributed by atoms with Gasteiger partial charge in [0.1, 0.15) is 11.3 Å². The lowest BCUT2D eigenvalue weighted by atomic mass is 10.1. The van der Waals surface area contributed by atoms with Gasteiger partial charge in [0.15, 0.2) is 21.3 Å². The summed E-state index contributed by atoms with van der Waals surface area (Å²) < 4.78 is 39.9. The minimum Gasteiger partial charge on any atom is -0.493 e. The number of ether oxygens (including phenoxy) is 2. The molecule has 31 heavy (non-hydrogen) atoms. The molecule has 2 atom stereocenters. The van der Waals surface area contributed by atoms with E-state index in [1.54, 1.807) is 19.1 Å². The zero-order chi connectivity index (χ0) is 22.8. The number of hydrogen-bond donors (Lipinski definition) is 1. The maximum absolute atomic E-state index is 13.5. The van der Waals surface area contributed by atoms with Crippen LogP contribution in [0.4, 0.5) is 5.69 Å². The lowest BCUT2D eigenvalue weighted by Gasteiger charge is -2.29. The van der Waals surface area contributed by atoms with Crippen molar-refractivity contribution in [1.82, 2.24) is 4.90 Å². The van der Waals surface area contributed by atoms with Gasteiger partial charge in [0.25, 0.3) is 11.6 Å². The Morgan fingerprint density at radius 3 is 2.61 bits per heavy atom. The van der Waals surface area contributed by atoms with Gasteiger partial charge >= 0.3 is 0 Å². The van der Waals surface area contributed by atoms with Crippen molar-refractivity contribution in [2.75, 3.05) is 25.2 Å². The molecule has 0 spiro atoms. The molecule has 12 heteroatoms. The largest absolute Gasteiger partial charge is 0.493 e. The SMILES string of the molecule is CCOc1cc(C(=O)N(Cc2ccco2)[C@H]2CS(=O)(=O)C[C@@H]2O)c([N+](=O)[O-])cc1OC. The highest BCUT2D eigenvalue weighted by Crippen LogP contribution is 2.36. The monoisotopic (exact) mass is 454 g/mol. The van der Waals surface area contributed by atoms with E-state index in [-0.39, 0.29) is 30.2 Å².